The average molecular weight is 295 g/mol. The first kappa shape index (κ1) is 14.8. The van der Waals surface area contributed by atoms with Crippen LogP contribution in [0.15, 0.2) is 55.1 Å². The van der Waals surface area contributed by atoms with E-state index in [1.807, 2.05) is 49.4 Å². The predicted octanol–water partition coefficient (Wildman–Crippen LogP) is 3.19. The van der Waals surface area contributed by atoms with E-state index < -0.39 is 0 Å². The lowest BCUT2D eigenvalue weighted by molar-refractivity contribution is -0.141. The molecule has 3 heteroatoms. The summed E-state index contributed by atoms with van der Waals surface area (Å²) >= 11 is 0. The van der Waals surface area contributed by atoms with Crippen LogP contribution in [0.5, 0.6) is 0 Å². The first-order valence-electron chi connectivity index (χ1n) is 7.82. The van der Waals surface area contributed by atoms with Gasteiger partial charge in [0, 0.05) is 0 Å². The van der Waals surface area contributed by atoms with Crippen LogP contribution in [-0.4, -0.2) is 16.7 Å². The summed E-state index contributed by atoms with van der Waals surface area (Å²) in [6.07, 6.45) is 6.74. The molecule has 2 fully saturated rings. The van der Waals surface area contributed by atoms with E-state index in [9.17, 15) is 9.59 Å². The smallest absolute Gasteiger partial charge is 0.234 e. The highest BCUT2D eigenvalue weighted by molar-refractivity contribution is 6.06. The zero-order chi connectivity index (χ0) is 15.7. The summed E-state index contributed by atoms with van der Waals surface area (Å²) in [5, 5.41) is 0. The first-order valence-corrected chi connectivity index (χ1v) is 7.82. The quantitative estimate of drug-likeness (QED) is 0.632. The summed E-state index contributed by atoms with van der Waals surface area (Å²) in [7, 11) is 0. The highest BCUT2D eigenvalue weighted by Gasteiger charge is 2.56. The van der Waals surface area contributed by atoms with E-state index in [0.717, 1.165) is 12.0 Å². The van der Waals surface area contributed by atoms with E-state index in [1.165, 1.54) is 4.90 Å². The molecule has 4 atom stereocenters. The van der Waals surface area contributed by atoms with Crippen molar-refractivity contribution in [2.24, 2.45) is 23.7 Å². The SMILES string of the molecule is C=CC1CC(/C=C\C)C2C(=O)N(Cc3ccccc3)C(=O)C12. The number of carbonyl (C=O) groups excluding carboxylic acids is 2. The largest absolute Gasteiger partial charge is 0.278 e. The summed E-state index contributed by atoms with van der Waals surface area (Å²) in [5.41, 5.74) is 0.988. The standard InChI is InChI=1S/C19H21NO2/c1-3-8-15-11-14(4-2)16-17(15)19(22)20(18(16)21)12-13-9-6-5-7-10-13/h3-10,14-17H,2,11-12H2,1H3/b8-3-. The molecule has 3 rings (SSSR count). The van der Waals surface area contributed by atoms with Gasteiger partial charge in [0.25, 0.3) is 0 Å². The second-order valence-electron chi connectivity index (χ2n) is 6.12. The number of benzene rings is 1. The van der Waals surface area contributed by atoms with Gasteiger partial charge in [0.1, 0.15) is 0 Å². The number of imide groups is 1. The van der Waals surface area contributed by atoms with Crippen molar-refractivity contribution in [2.45, 2.75) is 19.9 Å². The van der Waals surface area contributed by atoms with Crippen molar-refractivity contribution in [3.05, 3.63) is 60.7 Å². The molecule has 1 saturated heterocycles. The van der Waals surface area contributed by atoms with Crippen molar-refractivity contribution in [3.63, 3.8) is 0 Å². The Hall–Kier alpha value is -2.16. The summed E-state index contributed by atoms with van der Waals surface area (Å²) in [5.74, 6) is -0.244. The molecule has 4 unspecified atom stereocenters. The summed E-state index contributed by atoms with van der Waals surface area (Å²) < 4.78 is 0. The van der Waals surface area contributed by atoms with E-state index >= 15 is 0 Å². The van der Waals surface area contributed by atoms with Crippen LogP contribution in [0.1, 0.15) is 18.9 Å². The molecule has 0 bridgehead atoms. The maximum absolute atomic E-state index is 12.8. The van der Waals surface area contributed by atoms with Crippen LogP contribution >= 0.6 is 0 Å². The Balaban J connectivity index is 1.88. The Labute approximate surface area is 131 Å². The molecular formula is C19H21NO2. The Morgan fingerprint density at radius 2 is 1.77 bits per heavy atom. The zero-order valence-electron chi connectivity index (χ0n) is 12.8. The van der Waals surface area contributed by atoms with E-state index in [-0.39, 0.29) is 35.5 Å². The van der Waals surface area contributed by atoms with Gasteiger partial charge in [0.15, 0.2) is 0 Å². The molecule has 0 spiro atoms. The zero-order valence-corrected chi connectivity index (χ0v) is 12.8. The number of hydrogen-bond acceptors (Lipinski definition) is 2. The molecule has 2 aliphatic rings. The van der Waals surface area contributed by atoms with Crippen LogP contribution in [0.3, 0.4) is 0 Å². The maximum atomic E-state index is 12.8. The molecule has 1 aliphatic carbocycles. The summed E-state index contributed by atoms with van der Waals surface area (Å²) in [6, 6.07) is 9.68. The van der Waals surface area contributed by atoms with Gasteiger partial charge in [0.05, 0.1) is 18.4 Å². The molecule has 1 saturated carbocycles. The normalized spacial score (nSPS) is 31.0. The van der Waals surface area contributed by atoms with Crippen LogP contribution in [0.2, 0.25) is 0 Å². The second kappa shape index (κ2) is 5.91. The molecule has 22 heavy (non-hydrogen) atoms. The third kappa shape index (κ3) is 2.31. The summed E-state index contributed by atoms with van der Waals surface area (Å²) in [4.78, 5) is 27.0. The van der Waals surface area contributed by atoms with Gasteiger partial charge in [-0.3, -0.25) is 14.5 Å². The summed E-state index contributed by atoms with van der Waals surface area (Å²) in [6.45, 7) is 6.19. The Morgan fingerprint density at radius 3 is 2.36 bits per heavy atom. The minimum Gasteiger partial charge on any atom is -0.278 e. The molecule has 114 valence electrons. The van der Waals surface area contributed by atoms with Crippen molar-refractivity contribution in [2.75, 3.05) is 0 Å². The Kier molecular flexibility index (Phi) is 3.97. The fraction of sp³-hybridized carbons (Fsp3) is 0.368. The molecule has 1 aromatic rings. The van der Waals surface area contributed by atoms with Gasteiger partial charge in [-0.05, 0) is 30.7 Å². The van der Waals surface area contributed by atoms with Gasteiger partial charge < -0.3 is 0 Å². The number of carbonyl (C=O) groups is 2. The molecule has 2 amide bonds. The van der Waals surface area contributed by atoms with E-state index in [4.69, 9.17) is 0 Å². The number of hydrogen-bond donors (Lipinski definition) is 0. The van der Waals surface area contributed by atoms with Crippen molar-refractivity contribution in [1.29, 1.82) is 0 Å². The van der Waals surface area contributed by atoms with E-state index in [0.29, 0.717) is 6.54 Å². The second-order valence-corrected chi connectivity index (χ2v) is 6.12. The van der Waals surface area contributed by atoms with Gasteiger partial charge in [-0.2, -0.15) is 0 Å². The van der Waals surface area contributed by atoms with Crippen LogP contribution in [0.4, 0.5) is 0 Å². The monoisotopic (exact) mass is 295 g/mol. The minimum atomic E-state index is -0.227. The molecule has 3 nitrogen and oxygen atoms in total. The van der Waals surface area contributed by atoms with Crippen LogP contribution in [0, 0.1) is 23.7 Å². The molecule has 1 heterocycles. The number of fused-ring (bicyclic) bond motifs is 1. The molecular weight excluding hydrogens is 274 g/mol. The first-order chi connectivity index (χ1) is 10.7. The topological polar surface area (TPSA) is 37.4 Å². The van der Waals surface area contributed by atoms with Gasteiger partial charge in [-0.1, -0.05) is 48.6 Å². The number of allylic oxidation sites excluding steroid dienone is 3. The van der Waals surface area contributed by atoms with E-state index in [2.05, 4.69) is 12.7 Å². The Morgan fingerprint density at radius 1 is 1.14 bits per heavy atom. The van der Waals surface area contributed by atoms with Crippen molar-refractivity contribution < 1.29 is 9.59 Å². The molecule has 1 aliphatic heterocycles. The van der Waals surface area contributed by atoms with Gasteiger partial charge >= 0.3 is 0 Å². The number of nitrogens with zero attached hydrogens (tertiary/aromatic N) is 1. The lowest BCUT2D eigenvalue weighted by Crippen LogP contribution is -2.32. The highest BCUT2D eigenvalue weighted by Crippen LogP contribution is 2.48. The molecule has 1 aromatic carbocycles. The molecule has 0 N–H and O–H groups in total. The lowest BCUT2D eigenvalue weighted by Gasteiger charge is -2.19. The third-order valence-electron chi connectivity index (χ3n) is 4.88. The predicted molar refractivity (Wildman–Crippen MR) is 85.6 cm³/mol. The van der Waals surface area contributed by atoms with Crippen molar-refractivity contribution >= 4 is 11.8 Å². The molecule has 0 radical (unpaired) electrons. The fourth-order valence-electron chi connectivity index (χ4n) is 3.89. The van der Waals surface area contributed by atoms with Gasteiger partial charge in [0.2, 0.25) is 11.8 Å². The maximum Gasteiger partial charge on any atom is 0.234 e. The average Bonchev–Trinajstić information content (AvgIpc) is 3.01. The Bertz CT molecular complexity index is 620. The van der Waals surface area contributed by atoms with E-state index in [1.54, 1.807) is 0 Å². The number of rotatable bonds is 4. The lowest BCUT2D eigenvalue weighted by atomic mass is 9.89. The number of likely N-dealkylation sites (tertiary alicyclic amines) is 1. The van der Waals surface area contributed by atoms with Crippen molar-refractivity contribution in [1.82, 2.24) is 4.90 Å². The highest BCUT2D eigenvalue weighted by atomic mass is 16.2. The minimum absolute atomic E-state index is 0.0219. The number of amides is 2. The van der Waals surface area contributed by atoms with Crippen LogP contribution < -0.4 is 0 Å². The third-order valence-corrected chi connectivity index (χ3v) is 4.88. The fourth-order valence-corrected chi connectivity index (χ4v) is 3.89. The van der Waals surface area contributed by atoms with Gasteiger partial charge in [-0.25, -0.2) is 0 Å². The van der Waals surface area contributed by atoms with Crippen molar-refractivity contribution in [3.8, 4) is 0 Å². The van der Waals surface area contributed by atoms with Crippen LogP contribution in [0.25, 0.3) is 0 Å². The van der Waals surface area contributed by atoms with Crippen LogP contribution in [-0.2, 0) is 16.1 Å². The molecule has 0 aromatic heterocycles. The van der Waals surface area contributed by atoms with Gasteiger partial charge in [-0.15, -0.1) is 6.58 Å².